The van der Waals surface area contributed by atoms with Crippen molar-refractivity contribution >= 4 is 11.6 Å². The first-order chi connectivity index (χ1) is 9.81. The predicted molar refractivity (Wildman–Crippen MR) is 80.7 cm³/mol. The summed E-state index contributed by atoms with van der Waals surface area (Å²) in [7, 11) is 0. The normalized spacial score (nSPS) is 26.2. The molecule has 2 heterocycles. The molecule has 0 spiro atoms. The Labute approximate surface area is 120 Å². The van der Waals surface area contributed by atoms with Gasteiger partial charge in [0.2, 0.25) is 5.91 Å². The maximum absolute atomic E-state index is 11.9. The van der Waals surface area contributed by atoms with Gasteiger partial charge in [0.05, 0.1) is 6.54 Å². The minimum atomic E-state index is 0.0463. The fourth-order valence-corrected chi connectivity index (χ4v) is 3.37. The van der Waals surface area contributed by atoms with Gasteiger partial charge >= 0.3 is 0 Å². The van der Waals surface area contributed by atoms with Gasteiger partial charge in [-0.2, -0.15) is 0 Å². The van der Waals surface area contributed by atoms with Crippen molar-refractivity contribution in [1.29, 1.82) is 0 Å². The summed E-state index contributed by atoms with van der Waals surface area (Å²) < 4.78 is 0. The number of rotatable bonds is 4. The van der Waals surface area contributed by atoms with Crippen LogP contribution in [-0.4, -0.2) is 42.5 Å². The van der Waals surface area contributed by atoms with E-state index in [1.807, 2.05) is 30.3 Å². The van der Waals surface area contributed by atoms with Crippen LogP contribution in [0.4, 0.5) is 5.69 Å². The number of anilines is 1. The third-order valence-corrected chi connectivity index (χ3v) is 4.43. The van der Waals surface area contributed by atoms with Crippen LogP contribution in [0.3, 0.4) is 0 Å². The van der Waals surface area contributed by atoms with E-state index in [1.54, 1.807) is 0 Å². The fraction of sp³-hybridized carbons (Fsp3) is 0.562. The average Bonchev–Trinajstić information content (AvgIpc) is 2.93. The average molecular weight is 273 g/mol. The standard InChI is InChI=1S/C16H23N3O/c20-16(18-13-5-2-1-3-6-13)12-17-14-8-10-19-9-4-7-15(19)11-14/h1-3,5-6,14-15,17H,4,7-12H2,(H,18,20). The van der Waals surface area contributed by atoms with Gasteiger partial charge in [-0.15, -0.1) is 0 Å². The summed E-state index contributed by atoms with van der Waals surface area (Å²) in [5.41, 5.74) is 0.866. The summed E-state index contributed by atoms with van der Waals surface area (Å²) in [6.07, 6.45) is 5.02. The van der Waals surface area contributed by atoms with Crippen molar-refractivity contribution in [3.63, 3.8) is 0 Å². The van der Waals surface area contributed by atoms with Crippen molar-refractivity contribution in [3.05, 3.63) is 30.3 Å². The number of para-hydroxylation sites is 1. The molecule has 0 aromatic heterocycles. The highest BCUT2D eigenvalue weighted by atomic mass is 16.1. The molecule has 0 radical (unpaired) electrons. The third kappa shape index (κ3) is 3.38. The van der Waals surface area contributed by atoms with Gasteiger partial charge in [0.1, 0.15) is 0 Å². The van der Waals surface area contributed by atoms with E-state index >= 15 is 0 Å². The molecule has 2 aliphatic heterocycles. The zero-order chi connectivity index (χ0) is 13.8. The second kappa shape index (κ2) is 6.37. The van der Waals surface area contributed by atoms with Crippen LogP contribution in [0.25, 0.3) is 0 Å². The third-order valence-electron chi connectivity index (χ3n) is 4.43. The zero-order valence-electron chi connectivity index (χ0n) is 11.8. The van der Waals surface area contributed by atoms with Crippen LogP contribution in [0.1, 0.15) is 25.7 Å². The molecule has 2 saturated heterocycles. The number of piperidine rings is 1. The number of hydrogen-bond acceptors (Lipinski definition) is 3. The second-order valence-electron chi connectivity index (χ2n) is 5.85. The summed E-state index contributed by atoms with van der Waals surface area (Å²) in [6, 6.07) is 10.9. The Bertz CT molecular complexity index is 448. The molecule has 2 fully saturated rings. The van der Waals surface area contributed by atoms with E-state index in [0.717, 1.165) is 18.2 Å². The monoisotopic (exact) mass is 273 g/mol. The Morgan fingerprint density at radius 3 is 2.90 bits per heavy atom. The maximum Gasteiger partial charge on any atom is 0.238 e. The van der Waals surface area contributed by atoms with Crippen LogP contribution in [0, 0.1) is 0 Å². The van der Waals surface area contributed by atoms with Crippen LogP contribution in [0.2, 0.25) is 0 Å². The summed E-state index contributed by atoms with van der Waals surface area (Å²) >= 11 is 0. The molecule has 108 valence electrons. The largest absolute Gasteiger partial charge is 0.325 e. The number of fused-ring (bicyclic) bond motifs is 1. The molecule has 2 atom stereocenters. The van der Waals surface area contributed by atoms with Crippen molar-refractivity contribution in [2.24, 2.45) is 0 Å². The Kier molecular flexibility index (Phi) is 4.33. The minimum absolute atomic E-state index is 0.0463. The van der Waals surface area contributed by atoms with Crippen LogP contribution in [-0.2, 0) is 4.79 Å². The van der Waals surface area contributed by atoms with E-state index in [-0.39, 0.29) is 5.91 Å². The fourth-order valence-electron chi connectivity index (χ4n) is 3.37. The number of hydrogen-bond donors (Lipinski definition) is 2. The molecule has 1 aromatic carbocycles. The summed E-state index contributed by atoms with van der Waals surface area (Å²) in [5.74, 6) is 0.0463. The molecule has 0 aliphatic carbocycles. The van der Waals surface area contributed by atoms with E-state index in [1.165, 1.54) is 32.4 Å². The quantitative estimate of drug-likeness (QED) is 0.880. The van der Waals surface area contributed by atoms with E-state index in [9.17, 15) is 4.79 Å². The number of nitrogens with zero attached hydrogens (tertiary/aromatic N) is 1. The Morgan fingerprint density at radius 2 is 2.05 bits per heavy atom. The molecule has 2 N–H and O–H groups in total. The first-order valence-corrected chi connectivity index (χ1v) is 7.63. The van der Waals surface area contributed by atoms with Gasteiger partial charge in [-0.05, 0) is 50.9 Å². The minimum Gasteiger partial charge on any atom is -0.325 e. The number of nitrogens with one attached hydrogen (secondary N) is 2. The highest BCUT2D eigenvalue weighted by molar-refractivity contribution is 5.92. The zero-order valence-corrected chi connectivity index (χ0v) is 11.8. The lowest BCUT2D eigenvalue weighted by Gasteiger charge is -2.35. The Hall–Kier alpha value is -1.39. The number of amides is 1. The van der Waals surface area contributed by atoms with Crippen molar-refractivity contribution in [2.45, 2.75) is 37.8 Å². The van der Waals surface area contributed by atoms with Crippen molar-refractivity contribution in [1.82, 2.24) is 10.2 Å². The summed E-state index contributed by atoms with van der Waals surface area (Å²) in [5, 5.41) is 6.33. The molecule has 4 heteroatoms. The Balaban J connectivity index is 1.42. The predicted octanol–water partition coefficient (Wildman–Crippen LogP) is 1.84. The van der Waals surface area contributed by atoms with Crippen LogP contribution in [0.5, 0.6) is 0 Å². The molecule has 1 amide bonds. The molecule has 0 bridgehead atoms. The molecule has 20 heavy (non-hydrogen) atoms. The van der Waals surface area contributed by atoms with Crippen molar-refractivity contribution < 1.29 is 4.79 Å². The van der Waals surface area contributed by atoms with E-state index in [0.29, 0.717) is 12.6 Å². The first kappa shape index (κ1) is 13.6. The molecular weight excluding hydrogens is 250 g/mol. The molecule has 3 rings (SSSR count). The highest BCUT2D eigenvalue weighted by Crippen LogP contribution is 2.26. The first-order valence-electron chi connectivity index (χ1n) is 7.63. The van der Waals surface area contributed by atoms with Gasteiger partial charge in [0.15, 0.2) is 0 Å². The lowest BCUT2D eigenvalue weighted by Crippen LogP contribution is -2.47. The van der Waals surface area contributed by atoms with E-state index < -0.39 is 0 Å². The molecule has 2 unspecified atom stereocenters. The lowest BCUT2D eigenvalue weighted by atomic mass is 9.97. The summed E-state index contributed by atoms with van der Waals surface area (Å²) in [6.45, 7) is 2.86. The van der Waals surface area contributed by atoms with Crippen molar-refractivity contribution in [2.75, 3.05) is 25.0 Å². The molecule has 4 nitrogen and oxygen atoms in total. The van der Waals surface area contributed by atoms with Crippen LogP contribution in [0.15, 0.2) is 30.3 Å². The summed E-state index contributed by atoms with van der Waals surface area (Å²) in [4.78, 5) is 14.5. The van der Waals surface area contributed by atoms with Gasteiger partial charge < -0.3 is 15.5 Å². The smallest absolute Gasteiger partial charge is 0.238 e. The molecular formula is C16H23N3O. The van der Waals surface area contributed by atoms with Gasteiger partial charge in [-0.3, -0.25) is 4.79 Å². The number of benzene rings is 1. The maximum atomic E-state index is 11.9. The Morgan fingerprint density at radius 1 is 1.20 bits per heavy atom. The molecule has 2 aliphatic rings. The van der Waals surface area contributed by atoms with Crippen molar-refractivity contribution in [3.8, 4) is 0 Å². The molecule has 1 aromatic rings. The van der Waals surface area contributed by atoms with E-state index in [2.05, 4.69) is 15.5 Å². The lowest BCUT2D eigenvalue weighted by molar-refractivity contribution is -0.115. The topological polar surface area (TPSA) is 44.4 Å². The SMILES string of the molecule is O=C(CNC1CCN2CCCC2C1)Nc1ccccc1. The molecule has 0 saturated carbocycles. The van der Waals surface area contributed by atoms with Gasteiger partial charge in [-0.1, -0.05) is 18.2 Å². The van der Waals surface area contributed by atoms with E-state index in [4.69, 9.17) is 0 Å². The van der Waals surface area contributed by atoms with Crippen LogP contribution >= 0.6 is 0 Å². The number of carbonyl (C=O) groups excluding carboxylic acids is 1. The highest BCUT2D eigenvalue weighted by Gasteiger charge is 2.31. The second-order valence-corrected chi connectivity index (χ2v) is 5.85. The number of carbonyl (C=O) groups is 1. The van der Waals surface area contributed by atoms with Crippen LogP contribution < -0.4 is 10.6 Å². The van der Waals surface area contributed by atoms with Gasteiger partial charge in [-0.25, -0.2) is 0 Å². The van der Waals surface area contributed by atoms with Gasteiger partial charge in [0, 0.05) is 17.8 Å². The van der Waals surface area contributed by atoms with Gasteiger partial charge in [0.25, 0.3) is 0 Å².